The van der Waals surface area contributed by atoms with Gasteiger partial charge in [0.25, 0.3) is 0 Å². The van der Waals surface area contributed by atoms with Gasteiger partial charge in [0.15, 0.2) is 17.3 Å². The highest BCUT2D eigenvalue weighted by molar-refractivity contribution is 6.31. The molecule has 0 amide bonds. The van der Waals surface area contributed by atoms with Crippen LogP contribution in [0.2, 0.25) is 5.02 Å². The summed E-state index contributed by atoms with van der Waals surface area (Å²) in [6.45, 7) is 4.15. The molecule has 2 N–H and O–H groups in total. The molecule has 5 heteroatoms. The van der Waals surface area contributed by atoms with Crippen LogP contribution in [-0.2, 0) is 6.42 Å². The van der Waals surface area contributed by atoms with Gasteiger partial charge < -0.3 is 15.2 Å². The molecule has 0 aliphatic carbocycles. The minimum Gasteiger partial charge on any atom is -0.491 e. The highest BCUT2D eigenvalue weighted by atomic mass is 35.5. The normalized spacial score (nSPS) is 10.5. The lowest BCUT2D eigenvalue weighted by molar-refractivity contribution is 0.319. The summed E-state index contributed by atoms with van der Waals surface area (Å²) in [5, 5.41) is 0.687. The Kier molecular flexibility index (Phi) is 4.91. The third-order valence-electron chi connectivity index (χ3n) is 2.99. The van der Waals surface area contributed by atoms with Gasteiger partial charge in [0, 0.05) is 17.2 Å². The molecule has 0 fully saturated rings. The number of anilines is 1. The molecular weight excluding hydrogens is 293 g/mol. The third-order valence-corrected chi connectivity index (χ3v) is 3.36. The summed E-state index contributed by atoms with van der Waals surface area (Å²) in [4.78, 5) is 0. The molecule has 0 bridgehead atoms. The molecule has 2 rings (SSSR count). The summed E-state index contributed by atoms with van der Waals surface area (Å²) in [7, 11) is 0. The predicted octanol–water partition coefficient (Wildman–Crippen LogP) is 4.81. The van der Waals surface area contributed by atoms with E-state index in [1.807, 2.05) is 13.0 Å². The first kappa shape index (κ1) is 15.4. The van der Waals surface area contributed by atoms with E-state index in [0.29, 0.717) is 23.1 Å². The van der Waals surface area contributed by atoms with Crippen LogP contribution in [0.1, 0.15) is 19.4 Å². The van der Waals surface area contributed by atoms with Gasteiger partial charge in [-0.1, -0.05) is 18.5 Å². The molecule has 0 radical (unpaired) electrons. The average molecular weight is 310 g/mol. The van der Waals surface area contributed by atoms with Crippen LogP contribution in [0, 0.1) is 5.82 Å². The molecule has 3 nitrogen and oxygen atoms in total. The van der Waals surface area contributed by atoms with E-state index in [0.717, 1.165) is 12.0 Å². The van der Waals surface area contributed by atoms with Crippen molar-refractivity contribution in [1.29, 1.82) is 0 Å². The van der Waals surface area contributed by atoms with E-state index in [-0.39, 0.29) is 11.4 Å². The van der Waals surface area contributed by atoms with Crippen molar-refractivity contribution in [2.45, 2.75) is 20.3 Å². The highest BCUT2D eigenvalue weighted by Gasteiger charge is 2.11. The number of halogens is 2. The Balaban J connectivity index is 2.32. The first-order valence-corrected chi connectivity index (χ1v) is 7.11. The SMILES string of the molecule is CCOc1cc(Oc2ccc(Cl)c(CC)c2)c(N)cc1F. The summed E-state index contributed by atoms with van der Waals surface area (Å²) in [6.07, 6.45) is 0.791. The van der Waals surface area contributed by atoms with Gasteiger partial charge in [0.05, 0.1) is 12.3 Å². The smallest absolute Gasteiger partial charge is 0.167 e. The number of nitrogen functional groups attached to an aromatic ring is 1. The van der Waals surface area contributed by atoms with E-state index in [1.165, 1.54) is 12.1 Å². The van der Waals surface area contributed by atoms with Crippen LogP contribution >= 0.6 is 11.6 Å². The molecular formula is C16H17ClFNO2. The number of benzene rings is 2. The minimum atomic E-state index is -0.507. The van der Waals surface area contributed by atoms with Crippen molar-refractivity contribution in [2.75, 3.05) is 12.3 Å². The van der Waals surface area contributed by atoms with Crippen LogP contribution < -0.4 is 15.2 Å². The molecule has 0 aliphatic heterocycles. The molecule has 0 atom stereocenters. The van der Waals surface area contributed by atoms with Crippen molar-refractivity contribution in [3.05, 3.63) is 46.7 Å². The summed E-state index contributed by atoms with van der Waals surface area (Å²) < 4.78 is 24.6. The second kappa shape index (κ2) is 6.68. The maximum Gasteiger partial charge on any atom is 0.167 e. The second-order valence-electron chi connectivity index (χ2n) is 4.46. The lowest BCUT2D eigenvalue weighted by atomic mass is 10.1. The van der Waals surface area contributed by atoms with Gasteiger partial charge in [-0.3, -0.25) is 0 Å². The van der Waals surface area contributed by atoms with Crippen LogP contribution in [0.4, 0.5) is 10.1 Å². The zero-order valence-electron chi connectivity index (χ0n) is 12.0. The van der Waals surface area contributed by atoms with E-state index in [4.69, 9.17) is 26.8 Å². The summed E-state index contributed by atoms with van der Waals surface area (Å²) in [6, 6.07) is 7.99. The Morgan fingerprint density at radius 2 is 1.90 bits per heavy atom. The van der Waals surface area contributed by atoms with Gasteiger partial charge in [-0.05, 0) is 37.1 Å². The number of hydrogen-bond acceptors (Lipinski definition) is 3. The molecule has 0 saturated heterocycles. The van der Waals surface area contributed by atoms with Crippen molar-refractivity contribution >= 4 is 17.3 Å². The van der Waals surface area contributed by atoms with Gasteiger partial charge >= 0.3 is 0 Å². The fourth-order valence-corrected chi connectivity index (χ4v) is 2.17. The Morgan fingerprint density at radius 1 is 1.14 bits per heavy atom. The second-order valence-corrected chi connectivity index (χ2v) is 4.87. The lowest BCUT2D eigenvalue weighted by Crippen LogP contribution is -1.99. The zero-order valence-corrected chi connectivity index (χ0v) is 12.7. The van der Waals surface area contributed by atoms with Gasteiger partial charge in [-0.2, -0.15) is 0 Å². The molecule has 0 unspecified atom stereocenters. The number of rotatable bonds is 5. The van der Waals surface area contributed by atoms with Crippen molar-refractivity contribution in [2.24, 2.45) is 0 Å². The van der Waals surface area contributed by atoms with Crippen molar-refractivity contribution < 1.29 is 13.9 Å². The standard InChI is InChI=1S/C16H17ClFNO2/c1-3-10-7-11(5-6-12(10)17)21-16-9-15(20-4-2)13(18)8-14(16)19/h5-9H,3-4,19H2,1-2H3. The van der Waals surface area contributed by atoms with Gasteiger partial charge in [0.2, 0.25) is 0 Å². The number of aryl methyl sites for hydroxylation is 1. The average Bonchev–Trinajstić information content (AvgIpc) is 2.46. The van der Waals surface area contributed by atoms with Crippen molar-refractivity contribution in [1.82, 2.24) is 0 Å². The Labute approximate surface area is 128 Å². The molecule has 112 valence electrons. The molecule has 2 aromatic rings. The Hall–Kier alpha value is -1.94. The fraction of sp³-hybridized carbons (Fsp3) is 0.250. The predicted molar refractivity (Wildman–Crippen MR) is 82.9 cm³/mol. The zero-order chi connectivity index (χ0) is 15.4. The van der Waals surface area contributed by atoms with Gasteiger partial charge in [0.1, 0.15) is 5.75 Å². The molecule has 0 heterocycles. The van der Waals surface area contributed by atoms with Gasteiger partial charge in [-0.25, -0.2) is 4.39 Å². The van der Waals surface area contributed by atoms with E-state index < -0.39 is 5.82 Å². The number of hydrogen-bond donors (Lipinski definition) is 1. The van der Waals surface area contributed by atoms with Crippen LogP contribution in [0.3, 0.4) is 0 Å². The number of ether oxygens (including phenoxy) is 2. The highest BCUT2D eigenvalue weighted by Crippen LogP contribution is 2.34. The first-order valence-electron chi connectivity index (χ1n) is 6.73. The Morgan fingerprint density at radius 3 is 2.57 bits per heavy atom. The van der Waals surface area contributed by atoms with E-state index >= 15 is 0 Å². The molecule has 2 aromatic carbocycles. The van der Waals surface area contributed by atoms with Gasteiger partial charge in [-0.15, -0.1) is 0 Å². The van der Waals surface area contributed by atoms with Crippen molar-refractivity contribution in [3.63, 3.8) is 0 Å². The van der Waals surface area contributed by atoms with Crippen LogP contribution in [0.25, 0.3) is 0 Å². The van der Waals surface area contributed by atoms with Crippen molar-refractivity contribution in [3.8, 4) is 17.2 Å². The number of nitrogens with two attached hydrogens (primary N) is 1. The maximum atomic E-state index is 13.6. The monoisotopic (exact) mass is 309 g/mol. The maximum absolute atomic E-state index is 13.6. The van der Waals surface area contributed by atoms with Crippen LogP contribution in [0.15, 0.2) is 30.3 Å². The minimum absolute atomic E-state index is 0.117. The molecule has 21 heavy (non-hydrogen) atoms. The largest absolute Gasteiger partial charge is 0.491 e. The molecule has 0 aliphatic rings. The summed E-state index contributed by atoms with van der Waals surface area (Å²) in [5.41, 5.74) is 6.97. The van der Waals surface area contributed by atoms with E-state index in [1.54, 1.807) is 19.1 Å². The fourth-order valence-electron chi connectivity index (χ4n) is 1.92. The first-order chi connectivity index (χ1) is 10.0. The van der Waals surface area contributed by atoms with E-state index in [9.17, 15) is 4.39 Å². The van der Waals surface area contributed by atoms with E-state index in [2.05, 4.69) is 0 Å². The summed E-state index contributed by atoms with van der Waals surface area (Å²) >= 11 is 6.07. The topological polar surface area (TPSA) is 44.5 Å². The molecule has 0 aromatic heterocycles. The third kappa shape index (κ3) is 3.58. The summed E-state index contributed by atoms with van der Waals surface area (Å²) in [5.74, 6) is 0.555. The molecule has 0 spiro atoms. The van der Waals surface area contributed by atoms with Crippen LogP contribution in [-0.4, -0.2) is 6.61 Å². The Bertz CT molecular complexity index is 646. The quantitative estimate of drug-likeness (QED) is 0.806. The molecule has 0 saturated carbocycles. The van der Waals surface area contributed by atoms with Crippen LogP contribution in [0.5, 0.6) is 17.2 Å². The lowest BCUT2D eigenvalue weighted by Gasteiger charge is -2.13.